The van der Waals surface area contributed by atoms with Gasteiger partial charge in [0.1, 0.15) is 0 Å². The number of carbonyl (C=O) groups is 2. The number of aliphatic hydroxyl groups excluding tert-OH is 1. The van der Waals surface area contributed by atoms with Crippen LogP contribution in [0.5, 0.6) is 0 Å². The van der Waals surface area contributed by atoms with E-state index in [0.717, 1.165) is 96.9 Å². The summed E-state index contributed by atoms with van der Waals surface area (Å²) in [6, 6.07) is 0. The van der Waals surface area contributed by atoms with Gasteiger partial charge in [-0.2, -0.15) is 0 Å². The maximum atomic E-state index is 13.0. The molecule has 0 atom stereocenters. The highest BCUT2D eigenvalue weighted by Gasteiger charge is 2.13. The van der Waals surface area contributed by atoms with Crippen molar-refractivity contribution in [2.75, 3.05) is 39.3 Å². The molecule has 0 fully saturated rings. The topological polar surface area (TPSA) is 81.1 Å². The van der Waals surface area contributed by atoms with E-state index in [1.54, 1.807) is 0 Å². The first-order valence-corrected chi connectivity index (χ1v) is 17.4. The molecule has 0 unspecified atom stereocenters. The van der Waals surface area contributed by atoms with Gasteiger partial charge in [-0.05, 0) is 51.6 Å². The Morgan fingerprint density at radius 2 is 0.850 bits per heavy atom. The summed E-state index contributed by atoms with van der Waals surface area (Å²) in [6.07, 6.45) is 27.0. The molecule has 0 saturated carbocycles. The lowest BCUT2D eigenvalue weighted by molar-refractivity contribution is -0.137. The summed E-state index contributed by atoms with van der Waals surface area (Å²) in [5, 5.41) is 18.1. The Bertz CT molecular complexity index is 542. The Kier molecular flexibility index (Phi) is 29.9. The van der Waals surface area contributed by atoms with Gasteiger partial charge in [0.2, 0.25) is 5.91 Å². The minimum atomic E-state index is -0.699. The van der Waals surface area contributed by atoms with E-state index in [1.807, 2.05) is 0 Å². The van der Waals surface area contributed by atoms with E-state index in [-0.39, 0.29) is 13.0 Å². The standard InChI is InChI=1S/C34H68N2O4/c1-3-5-7-9-17-23-29-36(30-24-18-10-8-6-4-2)33(38)25-19-13-11-15-21-27-35(31-32-37)28-22-16-12-14-20-26-34(39)40/h37H,3-32H2,1-2H3,(H,39,40). The molecule has 0 aliphatic carbocycles. The first-order valence-electron chi connectivity index (χ1n) is 17.4. The number of nitrogens with zero attached hydrogens (tertiary/aromatic N) is 2. The molecule has 0 saturated heterocycles. The van der Waals surface area contributed by atoms with Gasteiger partial charge in [0, 0.05) is 32.5 Å². The van der Waals surface area contributed by atoms with Gasteiger partial charge in [-0.25, -0.2) is 0 Å². The normalized spacial score (nSPS) is 11.4. The quantitative estimate of drug-likeness (QED) is 0.0794. The van der Waals surface area contributed by atoms with Crippen LogP contribution >= 0.6 is 0 Å². The van der Waals surface area contributed by atoms with E-state index in [9.17, 15) is 14.7 Å². The molecule has 0 aliphatic rings. The third-order valence-corrected chi connectivity index (χ3v) is 8.06. The molecule has 6 heteroatoms. The number of rotatable bonds is 32. The number of carbonyl (C=O) groups excluding carboxylic acids is 1. The Morgan fingerprint density at radius 1 is 0.475 bits per heavy atom. The summed E-state index contributed by atoms with van der Waals surface area (Å²) in [4.78, 5) is 28.1. The average molecular weight is 569 g/mol. The average Bonchev–Trinajstić information content (AvgIpc) is 2.94. The highest BCUT2D eigenvalue weighted by molar-refractivity contribution is 5.76. The summed E-state index contributed by atoms with van der Waals surface area (Å²) in [6.45, 7) is 9.39. The summed E-state index contributed by atoms with van der Waals surface area (Å²) in [5.41, 5.74) is 0. The number of aliphatic hydroxyl groups is 1. The van der Waals surface area contributed by atoms with Crippen molar-refractivity contribution in [3.8, 4) is 0 Å². The molecule has 0 aromatic rings. The molecule has 0 radical (unpaired) electrons. The van der Waals surface area contributed by atoms with Crippen LogP contribution in [0.1, 0.15) is 168 Å². The lowest BCUT2D eigenvalue weighted by Crippen LogP contribution is -2.32. The van der Waals surface area contributed by atoms with Crippen molar-refractivity contribution >= 4 is 11.9 Å². The first-order chi connectivity index (χ1) is 19.5. The number of hydrogen-bond acceptors (Lipinski definition) is 4. The van der Waals surface area contributed by atoms with E-state index in [4.69, 9.17) is 5.11 Å². The Hall–Kier alpha value is -1.14. The minimum absolute atomic E-state index is 0.203. The van der Waals surface area contributed by atoms with Crippen molar-refractivity contribution in [1.82, 2.24) is 9.80 Å². The van der Waals surface area contributed by atoms with E-state index in [2.05, 4.69) is 23.6 Å². The van der Waals surface area contributed by atoms with Crippen LogP contribution in [0.25, 0.3) is 0 Å². The van der Waals surface area contributed by atoms with Gasteiger partial charge in [-0.15, -0.1) is 0 Å². The van der Waals surface area contributed by atoms with Crippen LogP contribution in [-0.4, -0.2) is 71.2 Å². The molecule has 40 heavy (non-hydrogen) atoms. The van der Waals surface area contributed by atoms with Gasteiger partial charge in [0.05, 0.1) is 6.61 Å². The van der Waals surface area contributed by atoms with Gasteiger partial charge < -0.3 is 20.0 Å². The van der Waals surface area contributed by atoms with Crippen LogP contribution in [0.2, 0.25) is 0 Å². The second-order valence-corrected chi connectivity index (χ2v) is 11.9. The molecule has 0 rings (SSSR count). The highest BCUT2D eigenvalue weighted by Crippen LogP contribution is 2.13. The van der Waals surface area contributed by atoms with Crippen LogP contribution in [0.15, 0.2) is 0 Å². The van der Waals surface area contributed by atoms with Crippen LogP contribution in [-0.2, 0) is 9.59 Å². The van der Waals surface area contributed by atoms with Crippen molar-refractivity contribution in [2.24, 2.45) is 0 Å². The second-order valence-electron chi connectivity index (χ2n) is 11.9. The summed E-state index contributed by atoms with van der Waals surface area (Å²) < 4.78 is 0. The molecule has 0 spiro atoms. The van der Waals surface area contributed by atoms with Gasteiger partial charge in [0.15, 0.2) is 0 Å². The number of unbranched alkanes of at least 4 members (excludes halogenated alkanes) is 18. The molecular weight excluding hydrogens is 500 g/mol. The molecular formula is C34H68N2O4. The number of amides is 1. The molecule has 0 bridgehead atoms. The molecule has 2 N–H and O–H groups in total. The number of carboxylic acid groups (broad SMARTS) is 1. The van der Waals surface area contributed by atoms with Crippen molar-refractivity contribution in [3.63, 3.8) is 0 Å². The molecule has 6 nitrogen and oxygen atoms in total. The van der Waals surface area contributed by atoms with Crippen LogP contribution < -0.4 is 0 Å². The predicted octanol–water partition coefficient (Wildman–Crippen LogP) is 8.60. The van der Waals surface area contributed by atoms with E-state index in [0.29, 0.717) is 12.3 Å². The van der Waals surface area contributed by atoms with Crippen LogP contribution in [0, 0.1) is 0 Å². The summed E-state index contributed by atoms with van der Waals surface area (Å²) in [7, 11) is 0. The predicted molar refractivity (Wildman–Crippen MR) is 170 cm³/mol. The zero-order chi connectivity index (χ0) is 29.5. The maximum Gasteiger partial charge on any atom is 0.303 e. The minimum Gasteiger partial charge on any atom is -0.481 e. The Balaban J connectivity index is 4.08. The zero-order valence-corrected chi connectivity index (χ0v) is 26.8. The van der Waals surface area contributed by atoms with E-state index in [1.165, 1.54) is 77.0 Å². The summed E-state index contributed by atoms with van der Waals surface area (Å²) >= 11 is 0. The largest absolute Gasteiger partial charge is 0.481 e. The maximum absolute atomic E-state index is 13.0. The molecule has 0 aromatic carbocycles. The van der Waals surface area contributed by atoms with Gasteiger partial charge in [-0.1, -0.05) is 117 Å². The highest BCUT2D eigenvalue weighted by atomic mass is 16.4. The van der Waals surface area contributed by atoms with Crippen molar-refractivity contribution in [1.29, 1.82) is 0 Å². The lowest BCUT2D eigenvalue weighted by atomic mass is 10.1. The Labute approximate surface area is 248 Å². The van der Waals surface area contributed by atoms with Crippen molar-refractivity contribution in [2.45, 2.75) is 168 Å². The molecule has 238 valence electrons. The zero-order valence-electron chi connectivity index (χ0n) is 26.8. The van der Waals surface area contributed by atoms with Gasteiger partial charge in [-0.3, -0.25) is 9.59 Å². The van der Waals surface area contributed by atoms with Gasteiger partial charge in [0.25, 0.3) is 0 Å². The van der Waals surface area contributed by atoms with Crippen LogP contribution in [0.3, 0.4) is 0 Å². The number of aliphatic carboxylic acids is 1. The first kappa shape index (κ1) is 38.9. The number of carboxylic acids is 1. The van der Waals surface area contributed by atoms with E-state index >= 15 is 0 Å². The third kappa shape index (κ3) is 27.1. The number of hydrogen-bond donors (Lipinski definition) is 2. The fourth-order valence-electron chi connectivity index (χ4n) is 5.45. The fraction of sp³-hybridized carbons (Fsp3) is 0.941. The summed E-state index contributed by atoms with van der Waals surface area (Å²) in [5.74, 6) is -0.325. The lowest BCUT2D eigenvalue weighted by Gasteiger charge is -2.23. The fourth-order valence-corrected chi connectivity index (χ4v) is 5.45. The van der Waals surface area contributed by atoms with Gasteiger partial charge >= 0.3 is 5.97 Å². The Morgan fingerprint density at radius 3 is 1.27 bits per heavy atom. The second kappa shape index (κ2) is 30.8. The molecule has 0 aliphatic heterocycles. The third-order valence-electron chi connectivity index (χ3n) is 8.06. The molecule has 1 amide bonds. The SMILES string of the molecule is CCCCCCCCN(CCCCCCCC)C(=O)CCCCCCCN(CCO)CCCCCCCC(=O)O. The van der Waals surface area contributed by atoms with Crippen LogP contribution in [0.4, 0.5) is 0 Å². The van der Waals surface area contributed by atoms with Crippen molar-refractivity contribution in [3.05, 3.63) is 0 Å². The van der Waals surface area contributed by atoms with E-state index < -0.39 is 5.97 Å². The van der Waals surface area contributed by atoms with Crippen molar-refractivity contribution < 1.29 is 19.8 Å². The monoisotopic (exact) mass is 569 g/mol. The molecule has 0 heterocycles. The smallest absolute Gasteiger partial charge is 0.303 e. The molecule has 0 aromatic heterocycles.